The van der Waals surface area contributed by atoms with Gasteiger partial charge in [-0.2, -0.15) is 0 Å². The molecule has 0 saturated heterocycles. The Balaban J connectivity index is 2.88. The molecule has 178 valence electrons. The van der Waals surface area contributed by atoms with Crippen LogP contribution in [0.2, 0.25) is 5.02 Å². The third-order valence-electron chi connectivity index (χ3n) is 4.53. The summed E-state index contributed by atoms with van der Waals surface area (Å²) in [5.74, 6) is 1.21. The molecule has 1 atom stereocenters. The largest absolute Gasteiger partial charge is 0.486 e. The minimum atomic E-state index is -0.445. The number of fused-ring (bicyclic) bond motifs is 1. The molecule has 6 heteroatoms. The number of halogens is 1. The van der Waals surface area contributed by atoms with Crippen molar-refractivity contribution in [2.75, 3.05) is 13.2 Å². The van der Waals surface area contributed by atoms with E-state index in [4.69, 9.17) is 30.5 Å². The van der Waals surface area contributed by atoms with Gasteiger partial charge in [-0.05, 0) is 42.4 Å². The van der Waals surface area contributed by atoms with E-state index in [0.717, 1.165) is 6.42 Å². The first-order valence-electron chi connectivity index (χ1n) is 11.1. The van der Waals surface area contributed by atoms with E-state index < -0.39 is 5.97 Å². The van der Waals surface area contributed by atoms with Gasteiger partial charge in [-0.3, -0.25) is 4.79 Å². The fourth-order valence-corrected chi connectivity index (χ4v) is 3.01. The van der Waals surface area contributed by atoms with Gasteiger partial charge < -0.3 is 18.9 Å². The van der Waals surface area contributed by atoms with Crippen LogP contribution in [0.1, 0.15) is 68.7 Å². The lowest BCUT2D eigenvalue weighted by molar-refractivity contribution is -0.131. The number of benzene rings is 2. The lowest BCUT2D eigenvalue weighted by atomic mass is 9.98. The van der Waals surface area contributed by atoms with Crippen LogP contribution in [0, 0.1) is 10.8 Å². The Kier molecular flexibility index (Phi) is 8.33. The molecule has 1 unspecified atom stereocenters. The van der Waals surface area contributed by atoms with Crippen molar-refractivity contribution >= 4 is 28.3 Å². The van der Waals surface area contributed by atoms with E-state index in [9.17, 15) is 4.79 Å². The quantitative estimate of drug-likeness (QED) is 0.300. The zero-order valence-electron chi connectivity index (χ0n) is 20.8. The highest BCUT2D eigenvalue weighted by Gasteiger charge is 2.29. The van der Waals surface area contributed by atoms with Gasteiger partial charge in [0.05, 0.1) is 19.3 Å². The van der Waals surface area contributed by atoms with Gasteiger partial charge in [0.2, 0.25) is 11.5 Å². The average molecular weight is 465 g/mol. The molecule has 0 aliphatic heterocycles. The third-order valence-corrected chi connectivity index (χ3v) is 4.76. The number of ether oxygens (including phenoxy) is 4. The molecule has 0 N–H and O–H groups in total. The van der Waals surface area contributed by atoms with Gasteiger partial charge in [-0.15, -0.1) is 0 Å². The summed E-state index contributed by atoms with van der Waals surface area (Å²) in [4.78, 5) is 12.0. The first-order chi connectivity index (χ1) is 14.7. The SMILES string of the molecule is CCC(C)Oc1c(OCC(C)(C)C)c(OCC(C)(C)C)c(OC(C)=O)c2ccc(Cl)cc12. The number of esters is 1. The molecule has 0 amide bonds. The maximum absolute atomic E-state index is 12.0. The highest BCUT2D eigenvalue weighted by Crippen LogP contribution is 2.53. The highest BCUT2D eigenvalue weighted by molar-refractivity contribution is 6.31. The van der Waals surface area contributed by atoms with Crippen LogP contribution >= 0.6 is 11.6 Å². The number of hydrogen-bond donors (Lipinski definition) is 0. The molecule has 0 saturated carbocycles. The van der Waals surface area contributed by atoms with Crippen molar-refractivity contribution in [2.24, 2.45) is 10.8 Å². The summed E-state index contributed by atoms with van der Waals surface area (Å²) in [6, 6.07) is 5.38. The zero-order valence-corrected chi connectivity index (χ0v) is 21.6. The summed E-state index contributed by atoms with van der Waals surface area (Å²) < 4.78 is 24.6. The van der Waals surface area contributed by atoms with Crippen molar-refractivity contribution in [1.82, 2.24) is 0 Å². The van der Waals surface area contributed by atoms with E-state index in [1.54, 1.807) is 12.1 Å². The van der Waals surface area contributed by atoms with Crippen LogP contribution in [0.5, 0.6) is 23.0 Å². The fourth-order valence-electron chi connectivity index (χ4n) is 2.84. The Morgan fingerprint density at radius 2 is 1.44 bits per heavy atom. The number of carbonyl (C=O) groups is 1. The standard InChI is InChI=1S/C26H37ClO5/c1-10-16(2)31-22-20-13-18(27)11-12-19(20)21(32-17(3)28)23(29-14-25(4,5)6)24(22)30-15-26(7,8)9/h11-13,16H,10,14-15H2,1-9H3. The smallest absolute Gasteiger partial charge is 0.308 e. The molecule has 32 heavy (non-hydrogen) atoms. The Labute approximate surface area is 197 Å². The minimum Gasteiger partial charge on any atom is -0.486 e. The predicted molar refractivity (Wildman–Crippen MR) is 131 cm³/mol. The predicted octanol–water partition coefficient (Wildman–Crippen LogP) is 7.45. The maximum atomic E-state index is 12.0. The monoisotopic (exact) mass is 464 g/mol. The molecule has 0 aromatic heterocycles. The summed E-state index contributed by atoms with van der Waals surface area (Å²) in [7, 11) is 0. The van der Waals surface area contributed by atoms with E-state index in [-0.39, 0.29) is 16.9 Å². The summed E-state index contributed by atoms with van der Waals surface area (Å²) in [5, 5.41) is 1.93. The van der Waals surface area contributed by atoms with Crippen molar-refractivity contribution in [3.8, 4) is 23.0 Å². The molecule has 2 rings (SSSR count). The second-order valence-corrected chi connectivity index (χ2v) is 11.1. The van der Waals surface area contributed by atoms with Crippen LogP contribution in [-0.2, 0) is 4.79 Å². The summed E-state index contributed by atoms with van der Waals surface area (Å²) in [6.45, 7) is 18.7. The zero-order chi connectivity index (χ0) is 24.3. The molecule has 0 radical (unpaired) electrons. The summed E-state index contributed by atoms with van der Waals surface area (Å²) in [6.07, 6.45) is 0.745. The summed E-state index contributed by atoms with van der Waals surface area (Å²) >= 11 is 6.35. The van der Waals surface area contributed by atoms with Gasteiger partial charge in [-0.1, -0.05) is 60.1 Å². The Morgan fingerprint density at radius 3 is 1.91 bits per heavy atom. The van der Waals surface area contributed by atoms with Crippen molar-refractivity contribution in [2.45, 2.75) is 74.8 Å². The van der Waals surface area contributed by atoms with E-state index in [0.29, 0.717) is 52.0 Å². The van der Waals surface area contributed by atoms with Gasteiger partial charge in [0.25, 0.3) is 0 Å². The van der Waals surface area contributed by atoms with Crippen LogP contribution in [0.25, 0.3) is 10.8 Å². The number of rotatable bonds is 8. The van der Waals surface area contributed by atoms with Crippen molar-refractivity contribution in [1.29, 1.82) is 0 Å². The highest BCUT2D eigenvalue weighted by atomic mass is 35.5. The molecule has 0 fully saturated rings. The van der Waals surface area contributed by atoms with Crippen LogP contribution < -0.4 is 18.9 Å². The van der Waals surface area contributed by atoms with E-state index >= 15 is 0 Å². The molecular formula is C26H37ClO5. The van der Waals surface area contributed by atoms with Crippen molar-refractivity contribution < 1.29 is 23.7 Å². The third kappa shape index (κ3) is 7.19. The second kappa shape index (κ2) is 10.2. The first-order valence-corrected chi connectivity index (χ1v) is 11.5. The molecule has 0 spiro atoms. The maximum Gasteiger partial charge on any atom is 0.308 e. The Hall–Kier alpha value is -2.14. The van der Waals surface area contributed by atoms with Crippen molar-refractivity contribution in [3.63, 3.8) is 0 Å². The topological polar surface area (TPSA) is 54.0 Å². The molecule has 2 aromatic carbocycles. The number of carbonyl (C=O) groups excluding carboxylic acids is 1. The fraction of sp³-hybridized carbons (Fsp3) is 0.577. The van der Waals surface area contributed by atoms with Gasteiger partial charge >= 0.3 is 5.97 Å². The van der Waals surface area contributed by atoms with E-state index in [2.05, 4.69) is 48.5 Å². The van der Waals surface area contributed by atoms with E-state index in [1.165, 1.54) is 6.92 Å². The first kappa shape index (κ1) is 26.1. The van der Waals surface area contributed by atoms with Gasteiger partial charge in [-0.25, -0.2) is 0 Å². The van der Waals surface area contributed by atoms with Crippen LogP contribution in [0.15, 0.2) is 18.2 Å². The van der Waals surface area contributed by atoms with Gasteiger partial charge in [0, 0.05) is 22.7 Å². The molecule has 2 aromatic rings. The van der Waals surface area contributed by atoms with Crippen molar-refractivity contribution in [3.05, 3.63) is 23.2 Å². The normalized spacial score (nSPS) is 13.1. The van der Waals surface area contributed by atoms with Gasteiger partial charge in [0.1, 0.15) is 0 Å². The lowest BCUT2D eigenvalue weighted by Crippen LogP contribution is -2.21. The Morgan fingerprint density at radius 1 is 0.906 bits per heavy atom. The van der Waals surface area contributed by atoms with E-state index in [1.807, 2.05) is 13.0 Å². The summed E-state index contributed by atoms with van der Waals surface area (Å²) in [5.41, 5.74) is -0.235. The van der Waals surface area contributed by atoms with Crippen LogP contribution in [0.3, 0.4) is 0 Å². The van der Waals surface area contributed by atoms with Crippen LogP contribution in [0.4, 0.5) is 0 Å². The molecular weight excluding hydrogens is 428 g/mol. The molecule has 0 aliphatic carbocycles. The molecule has 0 aliphatic rings. The van der Waals surface area contributed by atoms with Crippen LogP contribution in [-0.4, -0.2) is 25.3 Å². The Bertz CT molecular complexity index is 954. The minimum absolute atomic E-state index is 0.0655. The average Bonchev–Trinajstić information content (AvgIpc) is 2.65. The van der Waals surface area contributed by atoms with Gasteiger partial charge in [0.15, 0.2) is 11.5 Å². The number of hydrogen-bond acceptors (Lipinski definition) is 5. The molecule has 0 bridgehead atoms. The second-order valence-electron chi connectivity index (χ2n) is 10.6. The molecule has 0 heterocycles. The molecule has 5 nitrogen and oxygen atoms in total. The lowest BCUT2D eigenvalue weighted by Gasteiger charge is -2.27.